The summed E-state index contributed by atoms with van der Waals surface area (Å²) < 4.78 is 21.9. The molecule has 2 aromatic carbocycles. The minimum atomic E-state index is -1.06. The van der Waals surface area contributed by atoms with Gasteiger partial charge in [-0.05, 0) is 29.3 Å². The molecule has 0 amide bonds. The first kappa shape index (κ1) is 15.9. The monoisotopic (exact) mass is 344 g/mol. The molecular formula is C19H20O6. The van der Waals surface area contributed by atoms with Crippen LogP contribution in [0.3, 0.4) is 0 Å². The number of phenolic OH excluding ortho intramolecular Hbond substituents is 1. The molecule has 2 atom stereocenters. The predicted molar refractivity (Wildman–Crippen MR) is 90.2 cm³/mol. The van der Waals surface area contributed by atoms with Crippen molar-refractivity contribution in [2.45, 2.75) is 17.9 Å². The van der Waals surface area contributed by atoms with E-state index in [2.05, 4.69) is 0 Å². The number of hydrogen-bond acceptors (Lipinski definition) is 6. The SMILES string of the molecule is COc1cc2c(cc1OC)[C@@H]1c3ccc(O)c(OC)c3OC[C@]1(O)C2. The molecule has 2 aromatic rings. The molecule has 0 saturated heterocycles. The Morgan fingerprint density at radius 1 is 1.04 bits per heavy atom. The van der Waals surface area contributed by atoms with Crippen LogP contribution in [0.4, 0.5) is 0 Å². The number of benzene rings is 2. The second-order valence-corrected chi connectivity index (χ2v) is 6.44. The van der Waals surface area contributed by atoms with Crippen LogP contribution < -0.4 is 18.9 Å². The molecule has 132 valence electrons. The largest absolute Gasteiger partial charge is 0.504 e. The number of fused-ring (bicyclic) bond motifs is 5. The molecule has 0 bridgehead atoms. The summed E-state index contributed by atoms with van der Waals surface area (Å²) in [5, 5.41) is 21.2. The van der Waals surface area contributed by atoms with Gasteiger partial charge in [0.25, 0.3) is 0 Å². The maximum Gasteiger partial charge on any atom is 0.203 e. The second kappa shape index (κ2) is 5.46. The van der Waals surface area contributed by atoms with Gasteiger partial charge in [-0.3, -0.25) is 0 Å². The summed E-state index contributed by atoms with van der Waals surface area (Å²) >= 11 is 0. The van der Waals surface area contributed by atoms with E-state index >= 15 is 0 Å². The summed E-state index contributed by atoms with van der Waals surface area (Å²) in [6.07, 6.45) is 0.454. The van der Waals surface area contributed by atoms with Gasteiger partial charge in [0.1, 0.15) is 12.2 Å². The Morgan fingerprint density at radius 3 is 2.44 bits per heavy atom. The van der Waals surface area contributed by atoms with Gasteiger partial charge in [-0.1, -0.05) is 6.07 Å². The van der Waals surface area contributed by atoms with Gasteiger partial charge in [0.2, 0.25) is 5.75 Å². The minimum absolute atomic E-state index is 0.0113. The highest BCUT2D eigenvalue weighted by Gasteiger charge is 2.51. The van der Waals surface area contributed by atoms with Crippen molar-refractivity contribution in [2.24, 2.45) is 0 Å². The molecule has 6 heteroatoms. The van der Waals surface area contributed by atoms with Crippen molar-refractivity contribution in [2.75, 3.05) is 27.9 Å². The summed E-state index contributed by atoms with van der Waals surface area (Å²) in [6.45, 7) is 0.115. The molecule has 1 aliphatic heterocycles. The first-order chi connectivity index (χ1) is 12.0. The molecule has 0 spiro atoms. The van der Waals surface area contributed by atoms with Gasteiger partial charge in [-0.2, -0.15) is 0 Å². The van der Waals surface area contributed by atoms with E-state index in [1.165, 1.54) is 7.11 Å². The summed E-state index contributed by atoms with van der Waals surface area (Å²) in [7, 11) is 4.66. The van der Waals surface area contributed by atoms with Crippen molar-refractivity contribution in [3.8, 4) is 28.7 Å². The standard InChI is InChI=1S/C19H20O6/c1-22-14-6-10-8-19(21)9-25-17-11(4-5-13(20)18(17)24-3)16(19)12(10)7-15(14)23-2/h4-7,16,20-21H,8-9H2,1-3H3/t16-,19+/m0/s1. The molecule has 1 heterocycles. The normalized spacial score (nSPS) is 23.1. The summed E-state index contributed by atoms with van der Waals surface area (Å²) in [4.78, 5) is 0. The van der Waals surface area contributed by atoms with Crippen LogP contribution in [0.2, 0.25) is 0 Å². The van der Waals surface area contributed by atoms with E-state index < -0.39 is 5.60 Å². The lowest BCUT2D eigenvalue weighted by Crippen LogP contribution is -2.44. The van der Waals surface area contributed by atoms with E-state index in [0.29, 0.717) is 23.7 Å². The summed E-state index contributed by atoms with van der Waals surface area (Å²) in [5.74, 6) is 1.73. The number of phenols is 1. The van der Waals surface area contributed by atoms with Crippen LogP contribution in [0.15, 0.2) is 24.3 Å². The first-order valence-corrected chi connectivity index (χ1v) is 8.02. The van der Waals surface area contributed by atoms with Crippen LogP contribution >= 0.6 is 0 Å². The molecule has 1 aliphatic carbocycles. The lowest BCUT2D eigenvalue weighted by atomic mass is 9.80. The zero-order chi connectivity index (χ0) is 17.8. The quantitative estimate of drug-likeness (QED) is 0.889. The third kappa shape index (κ3) is 2.14. The van der Waals surface area contributed by atoms with E-state index in [-0.39, 0.29) is 24.0 Å². The van der Waals surface area contributed by atoms with E-state index in [0.717, 1.165) is 16.7 Å². The lowest BCUT2D eigenvalue weighted by molar-refractivity contribution is -0.0228. The number of hydrogen-bond donors (Lipinski definition) is 2. The van der Waals surface area contributed by atoms with Crippen molar-refractivity contribution in [3.05, 3.63) is 41.0 Å². The molecule has 0 saturated carbocycles. The fraction of sp³-hybridized carbons (Fsp3) is 0.368. The van der Waals surface area contributed by atoms with Crippen LogP contribution in [-0.4, -0.2) is 43.8 Å². The zero-order valence-electron chi connectivity index (χ0n) is 14.3. The Hall–Kier alpha value is -2.60. The smallest absolute Gasteiger partial charge is 0.203 e. The summed E-state index contributed by atoms with van der Waals surface area (Å²) in [6, 6.07) is 7.15. The molecule has 2 aliphatic rings. The highest BCUT2D eigenvalue weighted by molar-refractivity contribution is 5.63. The van der Waals surface area contributed by atoms with Crippen molar-refractivity contribution in [3.63, 3.8) is 0 Å². The van der Waals surface area contributed by atoms with Gasteiger partial charge >= 0.3 is 0 Å². The highest BCUT2D eigenvalue weighted by Crippen LogP contribution is 2.56. The van der Waals surface area contributed by atoms with Gasteiger partial charge in [-0.25, -0.2) is 0 Å². The number of aromatic hydroxyl groups is 1. The molecule has 0 fully saturated rings. The van der Waals surface area contributed by atoms with Crippen molar-refractivity contribution in [1.29, 1.82) is 0 Å². The molecule has 25 heavy (non-hydrogen) atoms. The molecule has 0 unspecified atom stereocenters. The average molecular weight is 344 g/mol. The van der Waals surface area contributed by atoms with E-state index in [1.807, 2.05) is 12.1 Å². The van der Waals surface area contributed by atoms with Crippen LogP contribution in [-0.2, 0) is 6.42 Å². The number of aliphatic hydroxyl groups is 1. The van der Waals surface area contributed by atoms with Crippen LogP contribution in [0.5, 0.6) is 28.7 Å². The van der Waals surface area contributed by atoms with E-state index in [9.17, 15) is 10.2 Å². The Labute approximate surface area is 145 Å². The van der Waals surface area contributed by atoms with Gasteiger partial charge in [-0.15, -0.1) is 0 Å². The average Bonchev–Trinajstić information content (AvgIpc) is 2.91. The Bertz CT molecular complexity index is 846. The van der Waals surface area contributed by atoms with Crippen molar-refractivity contribution in [1.82, 2.24) is 0 Å². The number of rotatable bonds is 3. The molecular weight excluding hydrogens is 324 g/mol. The third-order valence-corrected chi connectivity index (χ3v) is 5.09. The number of methoxy groups -OCH3 is 3. The van der Waals surface area contributed by atoms with E-state index in [1.54, 1.807) is 26.4 Å². The van der Waals surface area contributed by atoms with Gasteiger partial charge in [0.15, 0.2) is 23.0 Å². The lowest BCUT2D eigenvalue weighted by Gasteiger charge is -2.37. The molecule has 4 rings (SSSR count). The van der Waals surface area contributed by atoms with Crippen molar-refractivity contribution >= 4 is 0 Å². The maximum atomic E-state index is 11.2. The molecule has 6 nitrogen and oxygen atoms in total. The van der Waals surface area contributed by atoms with Gasteiger partial charge in [0.05, 0.1) is 21.3 Å². The predicted octanol–water partition coefficient (Wildman–Crippen LogP) is 2.23. The zero-order valence-corrected chi connectivity index (χ0v) is 14.3. The van der Waals surface area contributed by atoms with Crippen LogP contribution in [0.25, 0.3) is 0 Å². The maximum absolute atomic E-state index is 11.2. The summed E-state index contributed by atoms with van der Waals surface area (Å²) in [5.41, 5.74) is 1.69. The number of ether oxygens (including phenoxy) is 4. The third-order valence-electron chi connectivity index (χ3n) is 5.09. The molecule has 2 N–H and O–H groups in total. The Balaban J connectivity index is 1.93. The molecule has 0 radical (unpaired) electrons. The van der Waals surface area contributed by atoms with Crippen LogP contribution in [0.1, 0.15) is 22.6 Å². The van der Waals surface area contributed by atoms with Crippen molar-refractivity contribution < 1.29 is 29.2 Å². The topological polar surface area (TPSA) is 77.4 Å². The molecule has 0 aromatic heterocycles. The highest BCUT2D eigenvalue weighted by atomic mass is 16.5. The van der Waals surface area contributed by atoms with Gasteiger partial charge in [0, 0.05) is 17.9 Å². The fourth-order valence-electron chi connectivity index (χ4n) is 4.01. The first-order valence-electron chi connectivity index (χ1n) is 8.02. The fourth-order valence-corrected chi connectivity index (χ4v) is 4.01. The Morgan fingerprint density at radius 2 is 1.76 bits per heavy atom. The Kier molecular flexibility index (Phi) is 3.47. The van der Waals surface area contributed by atoms with Crippen LogP contribution in [0, 0.1) is 0 Å². The van der Waals surface area contributed by atoms with Gasteiger partial charge < -0.3 is 29.2 Å². The second-order valence-electron chi connectivity index (χ2n) is 6.44. The van der Waals surface area contributed by atoms with E-state index in [4.69, 9.17) is 18.9 Å². The minimum Gasteiger partial charge on any atom is -0.504 e.